The summed E-state index contributed by atoms with van der Waals surface area (Å²) in [7, 11) is 0. The van der Waals surface area contributed by atoms with Crippen LogP contribution in [0.4, 0.5) is 5.82 Å². The molecule has 1 aliphatic rings. The number of nitrogens with zero attached hydrogens (tertiary/aromatic N) is 5. The molecule has 1 saturated heterocycles. The molecule has 8 nitrogen and oxygen atoms in total. The molecule has 3 heterocycles. The summed E-state index contributed by atoms with van der Waals surface area (Å²) in [4.78, 5) is 17.2. The van der Waals surface area contributed by atoms with Gasteiger partial charge < -0.3 is 24.5 Å². The predicted octanol–water partition coefficient (Wildman–Crippen LogP) is 4.29. The largest absolute Gasteiger partial charge is 0.492 e. The van der Waals surface area contributed by atoms with E-state index < -0.39 is 0 Å². The molecular formula is C26H33N7OS. The first kappa shape index (κ1) is 23.7. The molecule has 35 heavy (non-hydrogen) atoms. The van der Waals surface area contributed by atoms with Crippen LogP contribution in [0.15, 0.2) is 42.7 Å². The van der Waals surface area contributed by atoms with Crippen LogP contribution in [0.1, 0.15) is 19.4 Å². The molecule has 0 radical (unpaired) electrons. The van der Waals surface area contributed by atoms with Gasteiger partial charge in [0.1, 0.15) is 24.5 Å². The van der Waals surface area contributed by atoms with Gasteiger partial charge in [0.15, 0.2) is 4.77 Å². The van der Waals surface area contributed by atoms with E-state index in [1.807, 2.05) is 12.1 Å². The molecule has 0 unspecified atom stereocenters. The topological polar surface area (TPSA) is 74.2 Å². The maximum atomic E-state index is 5.99. The summed E-state index contributed by atoms with van der Waals surface area (Å²) in [5.41, 5.74) is 4.12. The molecule has 0 spiro atoms. The van der Waals surface area contributed by atoms with Gasteiger partial charge in [-0.2, -0.15) is 0 Å². The van der Waals surface area contributed by atoms with Gasteiger partial charge >= 0.3 is 0 Å². The number of aromatic nitrogens is 4. The van der Waals surface area contributed by atoms with Crippen molar-refractivity contribution >= 4 is 40.0 Å². The number of anilines is 1. The highest BCUT2D eigenvalue weighted by Gasteiger charge is 2.15. The monoisotopic (exact) mass is 491 g/mol. The second-order valence-corrected chi connectivity index (χ2v) is 9.29. The Morgan fingerprint density at radius 3 is 2.51 bits per heavy atom. The molecule has 4 aromatic rings. The number of likely N-dealkylation sites (N-methyl/N-ethyl adjacent to an activating group) is 1. The number of hydrogen-bond acceptors (Lipinski definition) is 7. The second kappa shape index (κ2) is 10.7. The van der Waals surface area contributed by atoms with Crippen LogP contribution in [0.3, 0.4) is 0 Å². The molecule has 0 aliphatic carbocycles. The average Bonchev–Trinajstić information content (AvgIpc) is 3.21. The number of aromatic amines is 1. The minimum Gasteiger partial charge on any atom is -0.492 e. The van der Waals surface area contributed by atoms with E-state index in [0.717, 1.165) is 89.7 Å². The number of piperazine rings is 1. The van der Waals surface area contributed by atoms with Crippen molar-refractivity contribution in [1.82, 2.24) is 29.3 Å². The lowest BCUT2D eigenvalue weighted by Crippen LogP contribution is -2.47. The van der Waals surface area contributed by atoms with Crippen molar-refractivity contribution in [2.45, 2.75) is 26.9 Å². The highest BCUT2D eigenvalue weighted by molar-refractivity contribution is 7.71. The zero-order chi connectivity index (χ0) is 24.2. The van der Waals surface area contributed by atoms with Crippen molar-refractivity contribution in [2.75, 3.05) is 51.2 Å². The van der Waals surface area contributed by atoms with Gasteiger partial charge in [0.05, 0.1) is 16.6 Å². The standard InChI is InChI=1S/C26H33N7OS/c1-3-31-9-11-32(12-10-31)13-14-34-20-7-5-19(6-8-20)17-27-25-21-15-23-24(16-22(21)28-18-29-25)33(4-2)26(35)30-23/h5-8,15-16,18H,3-4,9-14,17H2,1-2H3,(H,30,35)(H,27,28,29). The number of nitrogens with one attached hydrogen (secondary N) is 2. The number of fused-ring (bicyclic) bond motifs is 2. The molecule has 0 saturated carbocycles. The number of H-pyrrole nitrogens is 1. The zero-order valence-electron chi connectivity index (χ0n) is 20.5. The van der Waals surface area contributed by atoms with Crippen LogP contribution in [-0.2, 0) is 13.1 Å². The molecule has 1 aliphatic heterocycles. The summed E-state index contributed by atoms with van der Waals surface area (Å²) in [6.07, 6.45) is 1.60. The highest BCUT2D eigenvalue weighted by atomic mass is 32.1. The van der Waals surface area contributed by atoms with Gasteiger partial charge in [0, 0.05) is 51.2 Å². The third-order valence-corrected chi connectivity index (χ3v) is 7.14. The molecule has 2 N–H and O–H groups in total. The molecule has 1 fully saturated rings. The summed E-state index contributed by atoms with van der Waals surface area (Å²) >= 11 is 5.46. The van der Waals surface area contributed by atoms with Crippen LogP contribution in [0.2, 0.25) is 0 Å². The van der Waals surface area contributed by atoms with E-state index in [0.29, 0.717) is 13.2 Å². The first-order chi connectivity index (χ1) is 17.1. The summed E-state index contributed by atoms with van der Waals surface area (Å²) in [6.45, 7) is 13.2. The normalized spacial score (nSPS) is 15.1. The van der Waals surface area contributed by atoms with Crippen molar-refractivity contribution in [3.63, 3.8) is 0 Å². The Morgan fingerprint density at radius 2 is 1.77 bits per heavy atom. The first-order valence-electron chi connectivity index (χ1n) is 12.4. The van der Waals surface area contributed by atoms with Crippen molar-refractivity contribution in [1.29, 1.82) is 0 Å². The van der Waals surface area contributed by atoms with Crippen LogP contribution in [0.25, 0.3) is 21.9 Å². The van der Waals surface area contributed by atoms with E-state index in [2.05, 4.69) is 72.7 Å². The van der Waals surface area contributed by atoms with Crippen LogP contribution in [-0.4, -0.2) is 75.2 Å². The fourth-order valence-electron chi connectivity index (χ4n) is 4.67. The Kier molecular flexibility index (Phi) is 7.26. The fraction of sp³-hybridized carbons (Fsp3) is 0.423. The molecule has 184 valence electrons. The maximum absolute atomic E-state index is 5.99. The molecule has 0 amide bonds. The van der Waals surface area contributed by atoms with E-state index in [9.17, 15) is 0 Å². The molecule has 9 heteroatoms. The third kappa shape index (κ3) is 5.32. The van der Waals surface area contributed by atoms with E-state index in [4.69, 9.17) is 17.0 Å². The number of aryl methyl sites for hydroxylation is 1. The van der Waals surface area contributed by atoms with Gasteiger partial charge in [-0.25, -0.2) is 9.97 Å². The Morgan fingerprint density at radius 1 is 1.00 bits per heavy atom. The minimum atomic E-state index is 0.665. The van der Waals surface area contributed by atoms with Crippen LogP contribution in [0, 0.1) is 4.77 Å². The summed E-state index contributed by atoms with van der Waals surface area (Å²) < 4.78 is 8.79. The average molecular weight is 492 g/mol. The molecule has 0 bridgehead atoms. The second-order valence-electron chi connectivity index (χ2n) is 8.91. The Hall–Kier alpha value is -3.01. The van der Waals surface area contributed by atoms with Crippen LogP contribution < -0.4 is 10.1 Å². The molecule has 2 aromatic carbocycles. The first-order valence-corrected chi connectivity index (χ1v) is 12.8. The van der Waals surface area contributed by atoms with E-state index in [1.165, 1.54) is 0 Å². The van der Waals surface area contributed by atoms with Gasteiger partial charge in [-0.3, -0.25) is 4.90 Å². The van der Waals surface area contributed by atoms with E-state index in [1.54, 1.807) is 6.33 Å². The van der Waals surface area contributed by atoms with Crippen molar-refractivity contribution < 1.29 is 4.74 Å². The lowest BCUT2D eigenvalue weighted by Gasteiger charge is -2.33. The van der Waals surface area contributed by atoms with Crippen LogP contribution >= 0.6 is 12.2 Å². The van der Waals surface area contributed by atoms with Crippen molar-refractivity contribution in [3.8, 4) is 5.75 Å². The molecule has 0 atom stereocenters. The number of benzene rings is 2. The number of imidazole rings is 1. The van der Waals surface area contributed by atoms with Gasteiger partial charge in [-0.15, -0.1) is 0 Å². The number of rotatable bonds is 9. The fourth-order valence-corrected chi connectivity index (χ4v) is 5.01. The summed E-state index contributed by atoms with van der Waals surface area (Å²) in [6, 6.07) is 12.4. The smallest absolute Gasteiger partial charge is 0.178 e. The zero-order valence-corrected chi connectivity index (χ0v) is 21.3. The maximum Gasteiger partial charge on any atom is 0.178 e. The van der Waals surface area contributed by atoms with E-state index in [-0.39, 0.29) is 0 Å². The number of ether oxygens (including phenoxy) is 1. The third-order valence-electron chi connectivity index (χ3n) is 6.82. The van der Waals surface area contributed by atoms with Gasteiger partial charge in [-0.05, 0) is 55.5 Å². The van der Waals surface area contributed by atoms with Gasteiger partial charge in [-0.1, -0.05) is 19.1 Å². The summed E-state index contributed by atoms with van der Waals surface area (Å²) in [5.74, 6) is 1.72. The van der Waals surface area contributed by atoms with Crippen LogP contribution in [0.5, 0.6) is 5.75 Å². The van der Waals surface area contributed by atoms with Gasteiger partial charge in [0.2, 0.25) is 0 Å². The lowest BCUT2D eigenvalue weighted by molar-refractivity contribution is 0.121. The lowest BCUT2D eigenvalue weighted by atomic mass is 10.2. The Balaban J connectivity index is 1.18. The van der Waals surface area contributed by atoms with Gasteiger partial charge in [0.25, 0.3) is 0 Å². The highest BCUT2D eigenvalue weighted by Crippen LogP contribution is 2.26. The number of hydrogen-bond donors (Lipinski definition) is 2. The Labute approximate surface area is 210 Å². The molecule has 2 aromatic heterocycles. The van der Waals surface area contributed by atoms with Crippen molar-refractivity contribution in [3.05, 3.63) is 53.1 Å². The SMILES string of the molecule is CCN1CCN(CCOc2ccc(CNc3ncnc4cc5c(cc34)[nH]c(=S)n5CC)cc2)CC1. The molecular weight excluding hydrogens is 458 g/mol. The minimum absolute atomic E-state index is 0.665. The van der Waals surface area contributed by atoms with E-state index >= 15 is 0 Å². The molecule has 5 rings (SSSR count). The summed E-state index contributed by atoms with van der Waals surface area (Å²) in [5, 5.41) is 4.44. The Bertz CT molecular complexity index is 1340. The van der Waals surface area contributed by atoms with Crippen molar-refractivity contribution in [2.24, 2.45) is 0 Å². The quantitative estimate of drug-likeness (QED) is 0.338. The predicted molar refractivity (Wildman–Crippen MR) is 144 cm³/mol.